The van der Waals surface area contributed by atoms with E-state index in [1.807, 2.05) is 19.2 Å². The molecule has 3 N–H and O–H groups in total. The van der Waals surface area contributed by atoms with E-state index >= 15 is 0 Å². The molecule has 2 fully saturated rings. The molecule has 26 heavy (non-hydrogen) atoms. The number of carbonyl (C=O) groups excluding carboxylic acids is 1. The minimum Gasteiger partial charge on any atom is -0.370 e. The van der Waals surface area contributed by atoms with E-state index in [0.29, 0.717) is 12.3 Å². The number of nitrogens with one attached hydrogen (secondary N) is 1. The average molecular weight is 491 g/mol. The lowest BCUT2D eigenvalue weighted by molar-refractivity contribution is -0.119. The van der Waals surface area contributed by atoms with Crippen LogP contribution in [0.15, 0.2) is 29.3 Å². The van der Waals surface area contributed by atoms with Crippen molar-refractivity contribution in [2.24, 2.45) is 16.6 Å². The van der Waals surface area contributed by atoms with Gasteiger partial charge in [-0.3, -0.25) is 9.79 Å². The fraction of sp³-hybridized carbons (Fsp3) is 0.579. The standard InChI is InChI=1S/C19H27ClN4O.HI/c1-22-18(24-10-2-3-14(12-24)11-17(21)25)23-13-19(8-9-19)15-4-6-16(20)7-5-15;/h4-7,14H,2-3,8-13H2,1H3,(H2,21,25)(H,22,23);1H. The molecule has 1 amide bonds. The number of hydrogen-bond donors (Lipinski definition) is 2. The highest BCUT2D eigenvalue weighted by atomic mass is 127. The highest BCUT2D eigenvalue weighted by Gasteiger charge is 2.44. The van der Waals surface area contributed by atoms with Gasteiger partial charge in [-0.2, -0.15) is 0 Å². The van der Waals surface area contributed by atoms with Gasteiger partial charge in [0.05, 0.1) is 0 Å². The van der Waals surface area contributed by atoms with Gasteiger partial charge in [0.2, 0.25) is 5.91 Å². The van der Waals surface area contributed by atoms with Gasteiger partial charge in [-0.15, -0.1) is 24.0 Å². The molecule has 0 spiro atoms. The number of rotatable bonds is 5. The zero-order valence-corrected chi connectivity index (χ0v) is 18.3. The van der Waals surface area contributed by atoms with Gasteiger partial charge in [0.25, 0.3) is 0 Å². The monoisotopic (exact) mass is 490 g/mol. The third-order valence-electron chi connectivity index (χ3n) is 5.42. The Morgan fingerprint density at radius 2 is 2.08 bits per heavy atom. The van der Waals surface area contributed by atoms with Crippen LogP contribution in [0.2, 0.25) is 5.02 Å². The number of aliphatic imine (C=N–C) groups is 1. The molecule has 0 bridgehead atoms. The van der Waals surface area contributed by atoms with Crippen LogP contribution in [0, 0.1) is 5.92 Å². The van der Waals surface area contributed by atoms with E-state index in [2.05, 4.69) is 27.3 Å². The largest absolute Gasteiger partial charge is 0.370 e. The summed E-state index contributed by atoms with van der Waals surface area (Å²) in [6, 6.07) is 8.18. The average Bonchev–Trinajstić information content (AvgIpc) is 3.37. The van der Waals surface area contributed by atoms with E-state index in [9.17, 15) is 4.79 Å². The van der Waals surface area contributed by atoms with Gasteiger partial charge in [-0.1, -0.05) is 23.7 Å². The second-order valence-corrected chi connectivity index (χ2v) is 7.75. The Kier molecular flexibility index (Phi) is 7.58. The summed E-state index contributed by atoms with van der Waals surface area (Å²) in [6.07, 6.45) is 4.96. The molecule has 1 saturated heterocycles. The van der Waals surface area contributed by atoms with E-state index in [4.69, 9.17) is 17.3 Å². The first-order valence-corrected chi connectivity index (χ1v) is 9.40. The second kappa shape index (κ2) is 9.26. The SMILES string of the molecule is CN=C(NCC1(c2ccc(Cl)cc2)CC1)N1CCCC(CC(N)=O)C1.I. The van der Waals surface area contributed by atoms with Crippen molar-refractivity contribution in [2.75, 3.05) is 26.7 Å². The van der Waals surface area contributed by atoms with Crippen LogP contribution in [-0.4, -0.2) is 43.4 Å². The molecule has 3 rings (SSSR count). The number of nitrogens with two attached hydrogens (primary N) is 1. The topological polar surface area (TPSA) is 70.7 Å². The molecule has 144 valence electrons. The van der Waals surface area contributed by atoms with Gasteiger partial charge < -0.3 is 16.0 Å². The van der Waals surface area contributed by atoms with E-state index in [1.165, 1.54) is 18.4 Å². The number of primary amides is 1. The maximum absolute atomic E-state index is 11.2. The summed E-state index contributed by atoms with van der Waals surface area (Å²) >= 11 is 6.01. The van der Waals surface area contributed by atoms with Crippen LogP contribution in [0.25, 0.3) is 0 Å². The maximum atomic E-state index is 11.2. The molecule has 1 aliphatic carbocycles. The smallest absolute Gasteiger partial charge is 0.217 e. The number of benzene rings is 1. The zero-order valence-electron chi connectivity index (χ0n) is 15.2. The van der Waals surface area contributed by atoms with Crippen LogP contribution in [-0.2, 0) is 10.2 Å². The van der Waals surface area contributed by atoms with Crippen molar-refractivity contribution in [1.29, 1.82) is 0 Å². The summed E-state index contributed by atoms with van der Waals surface area (Å²) in [5, 5.41) is 4.33. The number of carbonyl (C=O) groups is 1. The summed E-state index contributed by atoms with van der Waals surface area (Å²) in [7, 11) is 1.82. The molecular formula is C19H28ClIN4O. The first-order chi connectivity index (χ1) is 12.0. The third-order valence-corrected chi connectivity index (χ3v) is 5.67. The van der Waals surface area contributed by atoms with Crippen LogP contribution in [0.5, 0.6) is 0 Å². The fourth-order valence-electron chi connectivity index (χ4n) is 3.81. The lowest BCUT2D eigenvalue weighted by atomic mass is 9.94. The molecule has 2 aliphatic rings. The van der Waals surface area contributed by atoms with E-state index in [1.54, 1.807) is 0 Å². The number of guanidine groups is 1. The molecular weight excluding hydrogens is 463 g/mol. The summed E-state index contributed by atoms with van der Waals surface area (Å²) in [4.78, 5) is 17.9. The van der Waals surface area contributed by atoms with Crippen molar-refractivity contribution in [3.8, 4) is 0 Å². The van der Waals surface area contributed by atoms with Crippen molar-refractivity contribution in [3.05, 3.63) is 34.9 Å². The van der Waals surface area contributed by atoms with Crippen molar-refractivity contribution in [1.82, 2.24) is 10.2 Å². The number of likely N-dealkylation sites (tertiary alicyclic amines) is 1. The lowest BCUT2D eigenvalue weighted by Gasteiger charge is -2.35. The Hall–Kier alpha value is -1.02. The van der Waals surface area contributed by atoms with E-state index in [-0.39, 0.29) is 35.3 Å². The molecule has 1 aromatic rings. The first-order valence-electron chi connectivity index (χ1n) is 9.02. The van der Waals surface area contributed by atoms with Gasteiger partial charge in [0, 0.05) is 43.5 Å². The summed E-state index contributed by atoms with van der Waals surface area (Å²) in [5.41, 5.74) is 6.90. The number of nitrogens with zero attached hydrogens (tertiary/aromatic N) is 2. The normalized spacial score (nSPS) is 21.7. The summed E-state index contributed by atoms with van der Waals surface area (Å²) < 4.78 is 0. The molecule has 0 radical (unpaired) electrons. The van der Waals surface area contributed by atoms with Crippen molar-refractivity contribution in [3.63, 3.8) is 0 Å². The van der Waals surface area contributed by atoms with Crippen LogP contribution in [0.3, 0.4) is 0 Å². The Morgan fingerprint density at radius 3 is 2.65 bits per heavy atom. The quantitative estimate of drug-likeness (QED) is 0.378. The Morgan fingerprint density at radius 1 is 1.38 bits per heavy atom. The molecule has 1 atom stereocenters. The molecule has 1 saturated carbocycles. The highest BCUT2D eigenvalue weighted by Crippen LogP contribution is 2.47. The molecule has 7 heteroatoms. The van der Waals surface area contributed by atoms with Gasteiger partial charge in [-0.25, -0.2) is 0 Å². The minimum absolute atomic E-state index is 0. The molecule has 0 aromatic heterocycles. The molecule has 1 aromatic carbocycles. The number of piperidine rings is 1. The molecule has 1 unspecified atom stereocenters. The van der Waals surface area contributed by atoms with Gasteiger partial charge in [-0.05, 0) is 49.3 Å². The van der Waals surface area contributed by atoms with Crippen molar-refractivity contribution < 1.29 is 4.79 Å². The Labute approximate surface area is 177 Å². The van der Waals surface area contributed by atoms with Gasteiger partial charge in [0.15, 0.2) is 5.96 Å². The maximum Gasteiger partial charge on any atom is 0.217 e. The van der Waals surface area contributed by atoms with Gasteiger partial charge in [0.1, 0.15) is 0 Å². The molecule has 5 nitrogen and oxygen atoms in total. The Bertz CT molecular complexity index is 645. The summed E-state index contributed by atoms with van der Waals surface area (Å²) in [6.45, 7) is 2.69. The molecule has 1 heterocycles. The van der Waals surface area contributed by atoms with Crippen LogP contribution in [0.1, 0.15) is 37.7 Å². The third kappa shape index (κ3) is 5.25. The fourth-order valence-corrected chi connectivity index (χ4v) is 3.94. The van der Waals surface area contributed by atoms with Crippen LogP contribution < -0.4 is 11.1 Å². The first kappa shape index (κ1) is 21.3. The van der Waals surface area contributed by atoms with Crippen molar-refractivity contribution in [2.45, 2.75) is 37.5 Å². The summed E-state index contributed by atoms with van der Waals surface area (Å²) in [5.74, 6) is 1.04. The minimum atomic E-state index is -0.213. The highest BCUT2D eigenvalue weighted by molar-refractivity contribution is 14.0. The van der Waals surface area contributed by atoms with E-state index < -0.39 is 0 Å². The number of amides is 1. The van der Waals surface area contributed by atoms with Crippen LogP contribution >= 0.6 is 35.6 Å². The zero-order chi connectivity index (χ0) is 17.9. The van der Waals surface area contributed by atoms with Gasteiger partial charge >= 0.3 is 0 Å². The predicted molar refractivity (Wildman–Crippen MR) is 117 cm³/mol. The lowest BCUT2D eigenvalue weighted by Crippen LogP contribution is -2.48. The van der Waals surface area contributed by atoms with E-state index in [0.717, 1.165) is 43.5 Å². The van der Waals surface area contributed by atoms with Crippen LogP contribution in [0.4, 0.5) is 0 Å². The van der Waals surface area contributed by atoms with Crippen molar-refractivity contribution >= 4 is 47.4 Å². The number of hydrogen-bond acceptors (Lipinski definition) is 2. The second-order valence-electron chi connectivity index (χ2n) is 7.31. The molecule has 1 aliphatic heterocycles. The number of halogens is 2. The Balaban J connectivity index is 0.00000243. The predicted octanol–water partition coefficient (Wildman–Crippen LogP) is 3.15.